The molecule has 0 saturated heterocycles. The van der Waals surface area contributed by atoms with Gasteiger partial charge in [-0.3, -0.25) is 0 Å². The van der Waals surface area contributed by atoms with Crippen molar-refractivity contribution in [2.24, 2.45) is 5.92 Å². The van der Waals surface area contributed by atoms with E-state index in [-0.39, 0.29) is 0 Å². The summed E-state index contributed by atoms with van der Waals surface area (Å²) >= 11 is 0. The summed E-state index contributed by atoms with van der Waals surface area (Å²) in [5, 5.41) is 2.95. The maximum atomic E-state index is 5.14. The molecular formula is C13H23N5O. The first-order chi connectivity index (χ1) is 9.13. The highest BCUT2D eigenvalue weighted by molar-refractivity contribution is 5.40. The van der Waals surface area contributed by atoms with Crippen LogP contribution in [0.15, 0.2) is 0 Å². The summed E-state index contributed by atoms with van der Waals surface area (Å²) in [6.45, 7) is 5.45. The van der Waals surface area contributed by atoms with Crippen LogP contribution in [0, 0.1) is 5.92 Å². The molecule has 0 radical (unpaired) electrons. The molecule has 0 spiro atoms. The van der Waals surface area contributed by atoms with E-state index < -0.39 is 0 Å². The monoisotopic (exact) mass is 265 g/mol. The van der Waals surface area contributed by atoms with Gasteiger partial charge in [-0.2, -0.15) is 15.0 Å². The maximum absolute atomic E-state index is 5.14. The fraction of sp³-hybridized carbons (Fsp3) is 0.769. The third-order valence-electron chi connectivity index (χ3n) is 3.20. The normalized spacial score (nSPS) is 14.6. The lowest BCUT2D eigenvalue weighted by molar-refractivity contribution is 0.378. The molecule has 1 aromatic heterocycles. The largest absolute Gasteiger partial charge is 0.467 e. The van der Waals surface area contributed by atoms with Gasteiger partial charge in [-0.25, -0.2) is 0 Å². The number of methoxy groups -OCH3 is 1. The van der Waals surface area contributed by atoms with Crippen LogP contribution in [0.2, 0.25) is 0 Å². The van der Waals surface area contributed by atoms with E-state index in [4.69, 9.17) is 4.74 Å². The van der Waals surface area contributed by atoms with Gasteiger partial charge >= 0.3 is 6.01 Å². The zero-order valence-corrected chi connectivity index (χ0v) is 12.2. The number of hydrogen-bond acceptors (Lipinski definition) is 6. The highest BCUT2D eigenvalue weighted by Crippen LogP contribution is 2.31. The Labute approximate surface area is 114 Å². The van der Waals surface area contributed by atoms with E-state index in [0.717, 1.165) is 18.9 Å². The van der Waals surface area contributed by atoms with E-state index >= 15 is 0 Å². The lowest BCUT2D eigenvalue weighted by Gasteiger charge is -2.23. The summed E-state index contributed by atoms with van der Waals surface area (Å²) in [4.78, 5) is 15.3. The lowest BCUT2D eigenvalue weighted by atomic mass is 10.1. The molecule has 0 aliphatic heterocycles. The first-order valence-electron chi connectivity index (χ1n) is 6.88. The zero-order chi connectivity index (χ0) is 13.8. The molecule has 1 N–H and O–H groups in total. The van der Waals surface area contributed by atoms with E-state index in [1.54, 1.807) is 14.2 Å². The molecule has 6 nitrogen and oxygen atoms in total. The zero-order valence-electron chi connectivity index (χ0n) is 12.2. The molecule has 6 heteroatoms. The molecule has 1 aromatic rings. The molecule has 19 heavy (non-hydrogen) atoms. The summed E-state index contributed by atoms with van der Waals surface area (Å²) in [6.07, 6.45) is 3.58. The number of anilines is 2. The van der Waals surface area contributed by atoms with Crippen molar-refractivity contribution in [3.63, 3.8) is 0 Å². The van der Waals surface area contributed by atoms with Gasteiger partial charge in [0.1, 0.15) is 0 Å². The van der Waals surface area contributed by atoms with E-state index in [0.29, 0.717) is 23.9 Å². The minimum Gasteiger partial charge on any atom is -0.467 e. The van der Waals surface area contributed by atoms with Gasteiger partial charge in [-0.05, 0) is 25.2 Å². The molecule has 1 heterocycles. The summed E-state index contributed by atoms with van der Waals surface area (Å²) in [7, 11) is 3.38. The number of nitrogens with one attached hydrogen (secondary N) is 1. The molecule has 0 bridgehead atoms. The molecular weight excluding hydrogens is 242 g/mol. The average molecular weight is 265 g/mol. The second-order valence-corrected chi connectivity index (χ2v) is 5.30. The van der Waals surface area contributed by atoms with E-state index in [1.807, 2.05) is 0 Å². The number of aromatic nitrogens is 3. The standard InChI is InChI=1S/C13H23N5O/c1-9(2)7-8-18(10-5-6-10)12-15-11(14-3)16-13(17-12)19-4/h9-10H,5-8H2,1-4H3,(H,14,15,16,17). The Kier molecular flexibility index (Phi) is 4.39. The smallest absolute Gasteiger partial charge is 0.322 e. The van der Waals surface area contributed by atoms with Crippen molar-refractivity contribution < 1.29 is 4.74 Å². The second-order valence-electron chi connectivity index (χ2n) is 5.30. The molecule has 1 saturated carbocycles. The van der Waals surface area contributed by atoms with Crippen molar-refractivity contribution in [3.8, 4) is 6.01 Å². The van der Waals surface area contributed by atoms with Crippen LogP contribution in [0.25, 0.3) is 0 Å². The van der Waals surface area contributed by atoms with Crippen LogP contribution in [0.5, 0.6) is 6.01 Å². The first kappa shape index (κ1) is 13.8. The Balaban J connectivity index is 2.19. The Morgan fingerprint density at radius 3 is 2.58 bits per heavy atom. The van der Waals surface area contributed by atoms with Crippen LogP contribution in [-0.4, -0.2) is 41.7 Å². The number of rotatable bonds is 7. The topological polar surface area (TPSA) is 63.2 Å². The van der Waals surface area contributed by atoms with Crippen molar-refractivity contribution in [1.82, 2.24) is 15.0 Å². The molecule has 1 aliphatic rings. The summed E-state index contributed by atoms with van der Waals surface area (Å²) < 4.78 is 5.14. The van der Waals surface area contributed by atoms with Crippen molar-refractivity contribution in [2.75, 3.05) is 30.9 Å². The van der Waals surface area contributed by atoms with Crippen LogP contribution in [0.4, 0.5) is 11.9 Å². The van der Waals surface area contributed by atoms with Gasteiger partial charge in [0.25, 0.3) is 0 Å². The van der Waals surface area contributed by atoms with Crippen molar-refractivity contribution in [2.45, 2.75) is 39.2 Å². The van der Waals surface area contributed by atoms with Crippen molar-refractivity contribution in [3.05, 3.63) is 0 Å². The molecule has 0 unspecified atom stereocenters. The van der Waals surface area contributed by atoms with Crippen molar-refractivity contribution >= 4 is 11.9 Å². The first-order valence-corrected chi connectivity index (χ1v) is 6.88. The van der Waals surface area contributed by atoms with Gasteiger partial charge in [0.2, 0.25) is 11.9 Å². The van der Waals surface area contributed by atoms with Gasteiger partial charge in [0.05, 0.1) is 7.11 Å². The van der Waals surface area contributed by atoms with E-state index in [1.165, 1.54) is 12.8 Å². The SMILES string of the molecule is CNc1nc(OC)nc(N(CCC(C)C)C2CC2)n1. The molecule has 1 fully saturated rings. The van der Waals surface area contributed by atoms with Gasteiger partial charge in [-0.1, -0.05) is 13.8 Å². The third kappa shape index (κ3) is 3.68. The highest BCUT2D eigenvalue weighted by Gasteiger charge is 2.31. The molecule has 1 aliphatic carbocycles. The molecule has 2 rings (SSSR count). The summed E-state index contributed by atoms with van der Waals surface area (Å²) in [6, 6.07) is 0.945. The molecule has 0 amide bonds. The van der Waals surface area contributed by atoms with Gasteiger partial charge in [0, 0.05) is 19.6 Å². The van der Waals surface area contributed by atoms with E-state index in [9.17, 15) is 0 Å². The number of nitrogens with zero attached hydrogens (tertiary/aromatic N) is 4. The second kappa shape index (κ2) is 6.04. The Hall–Kier alpha value is -1.59. The highest BCUT2D eigenvalue weighted by atomic mass is 16.5. The van der Waals surface area contributed by atoms with Crippen LogP contribution >= 0.6 is 0 Å². The van der Waals surface area contributed by atoms with Crippen LogP contribution in [0.3, 0.4) is 0 Å². The maximum Gasteiger partial charge on any atom is 0.322 e. The Morgan fingerprint density at radius 2 is 2.05 bits per heavy atom. The lowest BCUT2D eigenvalue weighted by Crippen LogP contribution is -2.30. The fourth-order valence-corrected chi connectivity index (χ4v) is 1.91. The van der Waals surface area contributed by atoms with E-state index in [2.05, 4.69) is 39.0 Å². The fourth-order valence-electron chi connectivity index (χ4n) is 1.91. The Morgan fingerprint density at radius 1 is 1.32 bits per heavy atom. The number of hydrogen-bond donors (Lipinski definition) is 1. The van der Waals surface area contributed by atoms with Crippen LogP contribution < -0.4 is 15.0 Å². The average Bonchev–Trinajstić information content (AvgIpc) is 3.22. The molecule has 106 valence electrons. The minimum absolute atomic E-state index is 0.365. The summed E-state index contributed by atoms with van der Waals surface area (Å²) in [5.41, 5.74) is 0. The quantitative estimate of drug-likeness (QED) is 0.813. The molecule has 0 aromatic carbocycles. The number of ether oxygens (including phenoxy) is 1. The van der Waals surface area contributed by atoms with Gasteiger partial charge in [-0.15, -0.1) is 0 Å². The van der Waals surface area contributed by atoms with Crippen LogP contribution in [0.1, 0.15) is 33.1 Å². The Bertz CT molecular complexity index is 397. The minimum atomic E-state index is 0.365. The predicted octanol–water partition coefficient (Wildman–Crippen LogP) is 1.94. The van der Waals surface area contributed by atoms with Gasteiger partial charge in [0.15, 0.2) is 0 Å². The summed E-state index contributed by atoms with van der Waals surface area (Å²) in [5.74, 6) is 1.95. The predicted molar refractivity (Wildman–Crippen MR) is 75.7 cm³/mol. The molecule has 0 atom stereocenters. The van der Waals surface area contributed by atoms with Crippen LogP contribution in [-0.2, 0) is 0 Å². The third-order valence-corrected chi connectivity index (χ3v) is 3.20. The van der Waals surface area contributed by atoms with Crippen molar-refractivity contribution in [1.29, 1.82) is 0 Å². The van der Waals surface area contributed by atoms with Gasteiger partial charge < -0.3 is 15.0 Å².